The second kappa shape index (κ2) is 4.84. The molecule has 15 heavy (non-hydrogen) atoms. The van der Waals surface area contributed by atoms with Crippen molar-refractivity contribution < 1.29 is 8.83 Å². The normalized spacial score (nSPS) is 12.9. The third-order valence-electron chi connectivity index (χ3n) is 2.36. The maximum Gasteiger partial charge on any atom is 0.121 e. The number of furan rings is 2. The Morgan fingerprint density at radius 1 is 1.33 bits per heavy atom. The molecule has 2 rings (SSSR count). The standard InChI is InChI=1S/C12H15NO2/c1-2-13-11(12-4-3-6-15-12)8-10-5-7-14-9-10/h3-7,9,11,13H,2,8H2,1H3. The Morgan fingerprint density at radius 3 is 2.87 bits per heavy atom. The smallest absolute Gasteiger partial charge is 0.121 e. The van der Waals surface area contributed by atoms with E-state index in [9.17, 15) is 0 Å². The lowest BCUT2D eigenvalue weighted by atomic mass is 10.1. The van der Waals surface area contributed by atoms with Crippen LogP contribution in [0.15, 0.2) is 45.8 Å². The third kappa shape index (κ3) is 2.50. The molecule has 80 valence electrons. The maximum atomic E-state index is 5.40. The van der Waals surface area contributed by atoms with Crippen molar-refractivity contribution in [2.75, 3.05) is 6.54 Å². The van der Waals surface area contributed by atoms with E-state index < -0.39 is 0 Å². The van der Waals surface area contributed by atoms with Gasteiger partial charge in [0.05, 0.1) is 24.8 Å². The average Bonchev–Trinajstić information content (AvgIpc) is 2.89. The van der Waals surface area contributed by atoms with E-state index in [0.29, 0.717) is 0 Å². The van der Waals surface area contributed by atoms with Gasteiger partial charge in [-0.15, -0.1) is 0 Å². The summed E-state index contributed by atoms with van der Waals surface area (Å²) in [6, 6.07) is 6.11. The van der Waals surface area contributed by atoms with Crippen LogP contribution in [0.5, 0.6) is 0 Å². The van der Waals surface area contributed by atoms with Gasteiger partial charge in [-0.3, -0.25) is 0 Å². The summed E-state index contributed by atoms with van der Waals surface area (Å²) in [6.45, 7) is 3.01. The second-order valence-corrected chi connectivity index (χ2v) is 3.46. The molecular weight excluding hydrogens is 190 g/mol. The van der Waals surface area contributed by atoms with Gasteiger partial charge in [0.1, 0.15) is 5.76 Å². The van der Waals surface area contributed by atoms with Crippen LogP contribution < -0.4 is 5.32 Å². The highest BCUT2D eigenvalue weighted by Crippen LogP contribution is 2.18. The largest absolute Gasteiger partial charge is 0.472 e. The second-order valence-electron chi connectivity index (χ2n) is 3.46. The number of hydrogen-bond acceptors (Lipinski definition) is 3. The minimum Gasteiger partial charge on any atom is -0.472 e. The van der Waals surface area contributed by atoms with Gasteiger partial charge in [-0.2, -0.15) is 0 Å². The lowest BCUT2D eigenvalue weighted by molar-refractivity contribution is 0.415. The van der Waals surface area contributed by atoms with Crippen LogP contribution >= 0.6 is 0 Å². The molecule has 1 N–H and O–H groups in total. The molecule has 3 heteroatoms. The Morgan fingerprint density at radius 2 is 2.27 bits per heavy atom. The van der Waals surface area contributed by atoms with E-state index >= 15 is 0 Å². The monoisotopic (exact) mass is 205 g/mol. The lowest BCUT2D eigenvalue weighted by Gasteiger charge is -2.14. The maximum absolute atomic E-state index is 5.40. The van der Waals surface area contributed by atoms with Gasteiger partial charge in [-0.1, -0.05) is 6.92 Å². The van der Waals surface area contributed by atoms with Gasteiger partial charge in [0.2, 0.25) is 0 Å². The summed E-state index contributed by atoms with van der Waals surface area (Å²) in [7, 11) is 0. The Labute approximate surface area is 89.1 Å². The summed E-state index contributed by atoms with van der Waals surface area (Å²) in [5, 5.41) is 3.39. The first-order chi connectivity index (χ1) is 7.40. The molecular formula is C12H15NO2. The van der Waals surface area contributed by atoms with Crippen molar-refractivity contribution in [3.05, 3.63) is 48.3 Å². The van der Waals surface area contributed by atoms with Gasteiger partial charge in [-0.25, -0.2) is 0 Å². The molecule has 0 aliphatic carbocycles. The Hall–Kier alpha value is -1.48. The SMILES string of the molecule is CCNC(Cc1ccoc1)c1ccco1. The first-order valence-electron chi connectivity index (χ1n) is 5.18. The predicted molar refractivity (Wildman–Crippen MR) is 57.5 cm³/mol. The van der Waals surface area contributed by atoms with Gasteiger partial charge in [0, 0.05) is 0 Å². The van der Waals surface area contributed by atoms with Gasteiger partial charge in [0.15, 0.2) is 0 Å². The quantitative estimate of drug-likeness (QED) is 0.815. The number of likely N-dealkylation sites (N-methyl/N-ethyl adjacent to an activating group) is 1. The highest BCUT2D eigenvalue weighted by molar-refractivity contribution is 5.13. The molecule has 1 unspecified atom stereocenters. The zero-order valence-electron chi connectivity index (χ0n) is 8.77. The summed E-state index contributed by atoms with van der Waals surface area (Å²) in [5.74, 6) is 0.970. The van der Waals surface area contributed by atoms with E-state index in [2.05, 4.69) is 12.2 Å². The summed E-state index contributed by atoms with van der Waals surface area (Å²) >= 11 is 0. The van der Waals surface area contributed by atoms with Crippen LogP contribution in [0.3, 0.4) is 0 Å². The van der Waals surface area contributed by atoms with E-state index in [0.717, 1.165) is 18.7 Å². The van der Waals surface area contributed by atoms with Gasteiger partial charge < -0.3 is 14.2 Å². The Kier molecular flexibility index (Phi) is 3.25. The predicted octanol–water partition coefficient (Wildman–Crippen LogP) is 2.77. The average molecular weight is 205 g/mol. The van der Waals surface area contributed by atoms with Crippen LogP contribution in [-0.2, 0) is 6.42 Å². The van der Waals surface area contributed by atoms with Crippen molar-refractivity contribution in [2.45, 2.75) is 19.4 Å². The van der Waals surface area contributed by atoms with Crippen molar-refractivity contribution in [1.82, 2.24) is 5.32 Å². The van der Waals surface area contributed by atoms with E-state index in [-0.39, 0.29) is 6.04 Å². The van der Waals surface area contributed by atoms with Gasteiger partial charge in [0.25, 0.3) is 0 Å². The molecule has 0 bridgehead atoms. The van der Waals surface area contributed by atoms with Crippen molar-refractivity contribution in [3.8, 4) is 0 Å². The van der Waals surface area contributed by atoms with Crippen molar-refractivity contribution in [1.29, 1.82) is 0 Å². The fraction of sp³-hybridized carbons (Fsp3) is 0.333. The van der Waals surface area contributed by atoms with Crippen molar-refractivity contribution in [3.63, 3.8) is 0 Å². The summed E-state index contributed by atoms with van der Waals surface area (Å²) in [5.41, 5.74) is 1.18. The summed E-state index contributed by atoms with van der Waals surface area (Å²) in [6.07, 6.45) is 6.06. The number of rotatable bonds is 5. The Bertz CT molecular complexity index is 364. The fourth-order valence-corrected chi connectivity index (χ4v) is 1.65. The van der Waals surface area contributed by atoms with Crippen LogP contribution in [0.4, 0.5) is 0 Å². The molecule has 0 spiro atoms. The number of hydrogen-bond donors (Lipinski definition) is 1. The fourth-order valence-electron chi connectivity index (χ4n) is 1.65. The molecule has 2 aromatic rings. The Balaban J connectivity index is 2.07. The zero-order chi connectivity index (χ0) is 10.5. The van der Waals surface area contributed by atoms with E-state index in [1.165, 1.54) is 5.56 Å². The third-order valence-corrected chi connectivity index (χ3v) is 2.36. The van der Waals surface area contributed by atoms with Crippen LogP contribution in [0.2, 0.25) is 0 Å². The van der Waals surface area contributed by atoms with Gasteiger partial charge >= 0.3 is 0 Å². The van der Waals surface area contributed by atoms with E-state index in [1.807, 2.05) is 18.2 Å². The molecule has 0 saturated carbocycles. The molecule has 2 aromatic heterocycles. The molecule has 0 fully saturated rings. The highest BCUT2D eigenvalue weighted by Gasteiger charge is 2.13. The molecule has 0 aliphatic heterocycles. The molecule has 2 heterocycles. The summed E-state index contributed by atoms with van der Waals surface area (Å²) < 4.78 is 10.5. The van der Waals surface area contributed by atoms with Crippen LogP contribution in [0.1, 0.15) is 24.3 Å². The number of nitrogens with one attached hydrogen (secondary N) is 1. The molecule has 1 atom stereocenters. The molecule has 0 saturated heterocycles. The highest BCUT2D eigenvalue weighted by atomic mass is 16.3. The van der Waals surface area contributed by atoms with Gasteiger partial charge in [-0.05, 0) is 36.7 Å². The topological polar surface area (TPSA) is 38.3 Å². The van der Waals surface area contributed by atoms with Crippen LogP contribution in [0, 0.1) is 0 Å². The minimum atomic E-state index is 0.225. The van der Waals surface area contributed by atoms with Crippen LogP contribution in [-0.4, -0.2) is 6.54 Å². The molecule has 0 amide bonds. The first kappa shape index (κ1) is 10.1. The zero-order valence-corrected chi connectivity index (χ0v) is 8.77. The van der Waals surface area contributed by atoms with E-state index in [4.69, 9.17) is 8.83 Å². The van der Waals surface area contributed by atoms with E-state index in [1.54, 1.807) is 18.8 Å². The summed E-state index contributed by atoms with van der Waals surface area (Å²) in [4.78, 5) is 0. The lowest BCUT2D eigenvalue weighted by Crippen LogP contribution is -2.22. The molecule has 0 radical (unpaired) electrons. The molecule has 0 aromatic carbocycles. The molecule has 0 aliphatic rings. The van der Waals surface area contributed by atoms with Crippen LogP contribution in [0.25, 0.3) is 0 Å². The minimum absolute atomic E-state index is 0.225. The van der Waals surface area contributed by atoms with Crippen molar-refractivity contribution >= 4 is 0 Å². The molecule has 3 nitrogen and oxygen atoms in total. The first-order valence-corrected chi connectivity index (χ1v) is 5.18. The van der Waals surface area contributed by atoms with Crippen molar-refractivity contribution in [2.24, 2.45) is 0 Å².